The van der Waals surface area contributed by atoms with Crippen LogP contribution in [0, 0.1) is 5.41 Å². The minimum atomic E-state index is -0.171. The fourth-order valence-electron chi connectivity index (χ4n) is 1.67. The Balaban J connectivity index is 2.82. The lowest BCUT2D eigenvalue weighted by atomic mass is 9.86. The fraction of sp³-hybridized carbons (Fsp3) is 0.900. The van der Waals surface area contributed by atoms with Crippen LogP contribution in [0.1, 0.15) is 34.6 Å². The zero-order chi connectivity index (χ0) is 10.2. The van der Waals surface area contributed by atoms with Crippen LogP contribution in [0.25, 0.3) is 0 Å². The average molecular weight is 185 g/mol. The predicted octanol–water partition coefficient (Wildman–Crippen LogP) is 2.26. The molecule has 1 fully saturated rings. The van der Waals surface area contributed by atoms with Crippen LogP contribution in [0.4, 0.5) is 4.79 Å². The summed E-state index contributed by atoms with van der Waals surface area (Å²) in [7, 11) is 0. The smallest absolute Gasteiger partial charge is 0.410 e. The zero-order valence-corrected chi connectivity index (χ0v) is 9.13. The molecule has 1 rings (SSSR count). The number of amides is 1. The summed E-state index contributed by atoms with van der Waals surface area (Å²) in [4.78, 5) is 13.2. The summed E-state index contributed by atoms with van der Waals surface area (Å²) in [6.07, 6.45) is -0.171. The molecule has 0 aromatic carbocycles. The quantitative estimate of drug-likeness (QED) is 0.627. The van der Waals surface area contributed by atoms with Crippen molar-refractivity contribution in [3.8, 4) is 0 Å². The van der Waals surface area contributed by atoms with Crippen molar-refractivity contribution in [3.05, 3.63) is 0 Å². The van der Waals surface area contributed by atoms with Crippen molar-refractivity contribution in [3.63, 3.8) is 0 Å². The molecule has 13 heavy (non-hydrogen) atoms. The molecule has 0 aromatic heterocycles. The molecule has 1 aliphatic heterocycles. The van der Waals surface area contributed by atoms with Crippen LogP contribution in [0.5, 0.6) is 0 Å². The summed E-state index contributed by atoms with van der Waals surface area (Å²) >= 11 is 0. The number of hydrogen-bond acceptors (Lipinski definition) is 2. The Hall–Kier alpha value is -0.730. The van der Waals surface area contributed by atoms with Gasteiger partial charge in [-0.3, -0.25) is 4.90 Å². The second-order valence-electron chi connectivity index (χ2n) is 4.96. The molecule has 0 saturated carbocycles. The summed E-state index contributed by atoms with van der Waals surface area (Å²) in [5.74, 6) is 0. The summed E-state index contributed by atoms with van der Waals surface area (Å²) in [6, 6.07) is 0.430. The first-order valence-corrected chi connectivity index (χ1v) is 4.79. The molecule has 0 bridgehead atoms. The molecule has 1 saturated heterocycles. The van der Waals surface area contributed by atoms with Crippen LogP contribution in [-0.2, 0) is 4.74 Å². The molecule has 3 heteroatoms. The molecule has 0 aliphatic carbocycles. The zero-order valence-electron chi connectivity index (χ0n) is 9.13. The van der Waals surface area contributed by atoms with Crippen molar-refractivity contribution >= 4 is 6.09 Å². The molecule has 1 heterocycles. The van der Waals surface area contributed by atoms with E-state index in [2.05, 4.69) is 20.8 Å². The third-order valence-corrected chi connectivity index (χ3v) is 2.47. The van der Waals surface area contributed by atoms with Gasteiger partial charge in [0, 0.05) is 6.04 Å². The number of carbonyl (C=O) groups excluding carboxylic acids is 1. The second kappa shape index (κ2) is 3.20. The molecule has 3 nitrogen and oxygen atoms in total. The van der Waals surface area contributed by atoms with Gasteiger partial charge in [-0.05, 0) is 19.3 Å². The van der Waals surface area contributed by atoms with Gasteiger partial charge in [0.2, 0.25) is 0 Å². The van der Waals surface area contributed by atoms with E-state index in [0.717, 1.165) is 0 Å². The fourth-order valence-corrected chi connectivity index (χ4v) is 1.67. The Morgan fingerprint density at radius 1 is 1.46 bits per heavy atom. The van der Waals surface area contributed by atoms with E-state index in [4.69, 9.17) is 4.74 Å². The summed E-state index contributed by atoms with van der Waals surface area (Å²) < 4.78 is 5.05. The van der Waals surface area contributed by atoms with E-state index in [1.807, 2.05) is 18.7 Å². The van der Waals surface area contributed by atoms with Crippen LogP contribution in [-0.4, -0.2) is 29.7 Å². The molecule has 76 valence electrons. The van der Waals surface area contributed by atoms with Gasteiger partial charge in [0.1, 0.15) is 6.61 Å². The summed E-state index contributed by atoms with van der Waals surface area (Å²) in [5.41, 5.74) is 0.0937. The molecule has 0 N–H and O–H groups in total. The van der Waals surface area contributed by atoms with Crippen LogP contribution in [0.2, 0.25) is 0 Å². The molecular formula is C10H19NO2. The van der Waals surface area contributed by atoms with Crippen molar-refractivity contribution in [1.29, 1.82) is 0 Å². The number of rotatable bonds is 1. The summed E-state index contributed by atoms with van der Waals surface area (Å²) in [6.45, 7) is 11.0. The lowest BCUT2D eigenvalue weighted by Crippen LogP contribution is -2.46. The van der Waals surface area contributed by atoms with Crippen molar-refractivity contribution in [2.24, 2.45) is 5.41 Å². The minimum absolute atomic E-state index is 0.0937. The highest BCUT2D eigenvalue weighted by Gasteiger charge is 2.41. The maximum atomic E-state index is 11.4. The van der Waals surface area contributed by atoms with E-state index in [1.54, 1.807) is 0 Å². The lowest BCUT2D eigenvalue weighted by Gasteiger charge is -2.34. The van der Waals surface area contributed by atoms with Gasteiger partial charge in [0.15, 0.2) is 0 Å². The van der Waals surface area contributed by atoms with Crippen LogP contribution >= 0.6 is 0 Å². The highest BCUT2D eigenvalue weighted by atomic mass is 16.6. The Kier molecular flexibility index (Phi) is 2.55. The lowest BCUT2D eigenvalue weighted by molar-refractivity contribution is 0.130. The predicted molar refractivity (Wildman–Crippen MR) is 51.6 cm³/mol. The Morgan fingerprint density at radius 2 is 2.00 bits per heavy atom. The third-order valence-electron chi connectivity index (χ3n) is 2.47. The van der Waals surface area contributed by atoms with Gasteiger partial charge in [-0.25, -0.2) is 4.79 Å². The third kappa shape index (κ3) is 1.95. The standard InChI is InChI=1S/C10H19NO2/c1-7(2)11-8(10(3,4)5)6-13-9(11)12/h7-8H,6H2,1-5H3. The van der Waals surface area contributed by atoms with Crippen LogP contribution in [0.3, 0.4) is 0 Å². The molecule has 0 aromatic rings. The van der Waals surface area contributed by atoms with Crippen LogP contribution in [0.15, 0.2) is 0 Å². The van der Waals surface area contributed by atoms with Crippen molar-refractivity contribution < 1.29 is 9.53 Å². The maximum absolute atomic E-state index is 11.4. The van der Waals surface area contributed by atoms with E-state index < -0.39 is 0 Å². The van der Waals surface area contributed by atoms with Gasteiger partial charge in [-0.15, -0.1) is 0 Å². The molecule has 1 unspecified atom stereocenters. The van der Waals surface area contributed by atoms with Crippen molar-refractivity contribution in [2.75, 3.05) is 6.61 Å². The second-order valence-corrected chi connectivity index (χ2v) is 4.96. The molecule has 1 atom stereocenters. The number of nitrogens with zero attached hydrogens (tertiary/aromatic N) is 1. The van der Waals surface area contributed by atoms with Crippen molar-refractivity contribution in [2.45, 2.75) is 46.7 Å². The molecule has 1 amide bonds. The van der Waals surface area contributed by atoms with Gasteiger partial charge in [0.25, 0.3) is 0 Å². The minimum Gasteiger partial charge on any atom is -0.447 e. The maximum Gasteiger partial charge on any atom is 0.410 e. The number of cyclic esters (lactones) is 1. The van der Waals surface area contributed by atoms with Crippen LogP contribution < -0.4 is 0 Å². The first-order chi connectivity index (χ1) is 5.84. The Morgan fingerprint density at radius 3 is 2.31 bits per heavy atom. The summed E-state index contributed by atoms with van der Waals surface area (Å²) in [5, 5.41) is 0. The first-order valence-electron chi connectivity index (χ1n) is 4.79. The largest absolute Gasteiger partial charge is 0.447 e. The number of hydrogen-bond donors (Lipinski definition) is 0. The van der Waals surface area contributed by atoms with E-state index in [0.29, 0.717) is 6.61 Å². The molecular weight excluding hydrogens is 166 g/mol. The number of ether oxygens (including phenoxy) is 1. The monoisotopic (exact) mass is 185 g/mol. The first kappa shape index (κ1) is 10.4. The SMILES string of the molecule is CC(C)N1C(=O)OCC1C(C)(C)C. The van der Waals surface area contributed by atoms with Gasteiger partial charge < -0.3 is 4.74 Å². The van der Waals surface area contributed by atoms with Gasteiger partial charge in [-0.1, -0.05) is 20.8 Å². The van der Waals surface area contributed by atoms with E-state index in [1.165, 1.54) is 0 Å². The topological polar surface area (TPSA) is 29.5 Å². The van der Waals surface area contributed by atoms with Crippen molar-refractivity contribution in [1.82, 2.24) is 4.90 Å². The van der Waals surface area contributed by atoms with Gasteiger partial charge in [-0.2, -0.15) is 0 Å². The highest BCUT2D eigenvalue weighted by molar-refractivity contribution is 5.70. The van der Waals surface area contributed by atoms with Gasteiger partial charge in [0.05, 0.1) is 6.04 Å². The van der Waals surface area contributed by atoms with E-state index in [9.17, 15) is 4.79 Å². The molecule has 1 aliphatic rings. The van der Waals surface area contributed by atoms with Gasteiger partial charge >= 0.3 is 6.09 Å². The number of carbonyl (C=O) groups is 1. The molecule has 0 spiro atoms. The molecule has 0 radical (unpaired) electrons. The average Bonchev–Trinajstić information content (AvgIpc) is 2.28. The van der Waals surface area contributed by atoms with E-state index >= 15 is 0 Å². The Bertz CT molecular complexity index is 205. The van der Waals surface area contributed by atoms with E-state index in [-0.39, 0.29) is 23.6 Å². The normalized spacial score (nSPS) is 24.0. The Labute approximate surface area is 80.1 Å². The highest BCUT2D eigenvalue weighted by Crippen LogP contribution is 2.30.